The smallest absolute Gasteiger partial charge is 0.337 e. The molecule has 1 fully saturated rings. The van der Waals surface area contributed by atoms with E-state index in [4.69, 9.17) is 9.84 Å². The number of amides is 1. The van der Waals surface area contributed by atoms with Gasteiger partial charge >= 0.3 is 5.97 Å². The van der Waals surface area contributed by atoms with Crippen LogP contribution in [-0.4, -0.2) is 30.2 Å². The standard InChI is InChI=1S/C12H12BrNO4/c13-9-3-1-2-8(12(16)17)10(9)14-11(15)7-4-5-18-6-7/h1-3,7H,4-6H2,(H,14,15)(H,16,17). The van der Waals surface area contributed by atoms with Crippen LogP contribution in [0.1, 0.15) is 16.8 Å². The van der Waals surface area contributed by atoms with Gasteiger partial charge in [0.05, 0.1) is 23.8 Å². The molecule has 1 aliphatic heterocycles. The predicted molar refractivity (Wildman–Crippen MR) is 68.7 cm³/mol. The molecule has 0 saturated carbocycles. The molecule has 2 rings (SSSR count). The van der Waals surface area contributed by atoms with E-state index < -0.39 is 5.97 Å². The van der Waals surface area contributed by atoms with Crippen LogP contribution in [-0.2, 0) is 9.53 Å². The zero-order chi connectivity index (χ0) is 13.1. The maximum Gasteiger partial charge on any atom is 0.337 e. The number of halogens is 1. The molecule has 1 aromatic rings. The zero-order valence-electron chi connectivity index (χ0n) is 9.48. The molecule has 1 unspecified atom stereocenters. The van der Waals surface area contributed by atoms with E-state index in [-0.39, 0.29) is 17.4 Å². The summed E-state index contributed by atoms with van der Waals surface area (Å²) < 4.78 is 5.69. The number of benzene rings is 1. The molecule has 0 aliphatic carbocycles. The lowest BCUT2D eigenvalue weighted by Gasteiger charge is -2.13. The number of carboxylic acids is 1. The highest BCUT2D eigenvalue weighted by Gasteiger charge is 2.25. The highest BCUT2D eigenvalue weighted by molar-refractivity contribution is 9.10. The minimum absolute atomic E-state index is 0.0663. The second-order valence-electron chi connectivity index (χ2n) is 4.02. The average Bonchev–Trinajstić information content (AvgIpc) is 2.85. The summed E-state index contributed by atoms with van der Waals surface area (Å²) in [6.07, 6.45) is 0.665. The van der Waals surface area contributed by atoms with Gasteiger partial charge in [-0.1, -0.05) is 6.07 Å². The lowest BCUT2D eigenvalue weighted by atomic mass is 10.1. The minimum Gasteiger partial charge on any atom is -0.478 e. The monoisotopic (exact) mass is 313 g/mol. The van der Waals surface area contributed by atoms with Crippen LogP contribution in [0.2, 0.25) is 0 Å². The Kier molecular flexibility index (Phi) is 3.98. The summed E-state index contributed by atoms with van der Waals surface area (Å²) in [5.41, 5.74) is 0.360. The molecule has 1 amide bonds. The van der Waals surface area contributed by atoms with Crippen molar-refractivity contribution in [3.8, 4) is 0 Å². The van der Waals surface area contributed by atoms with Gasteiger partial charge in [0.25, 0.3) is 0 Å². The van der Waals surface area contributed by atoms with Crippen molar-refractivity contribution in [3.63, 3.8) is 0 Å². The first-order chi connectivity index (χ1) is 8.59. The van der Waals surface area contributed by atoms with Crippen molar-refractivity contribution in [3.05, 3.63) is 28.2 Å². The predicted octanol–water partition coefficient (Wildman–Crippen LogP) is 2.12. The molecule has 1 atom stereocenters. The third kappa shape index (κ3) is 2.70. The van der Waals surface area contributed by atoms with Crippen LogP contribution in [0.5, 0.6) is 0 Å². The lowest BCUT2D eigenvalue weighted by molar-refractivity contribution is -0.119. The number of ether oxygens (including phenoxy) is 1. The number of carboxylic acid groups (broad SMARTS) is 1. The largest absolute Gasteiger partial charge is 0.478 e. The van der Waals surface area contributed by atoms with Crippen LogP contribution in [0.4, 0.5) is 5.69 Å². The van der Waals surface area contributed by atoms with E-state index >= 15 is 0 Å². The Morgan fingerprint density at radius 3 is 2.83 bits per heavy atom. The number of hydrogen-bond donors (Lipinski definition) is 2. The van der Waals surface area contributed by atoms with E-state index in [1.54, 1.807) is 12.1 Å². The van der Waals surface area contributed by atoms with Gasteiger partial charge in [-0.25, -0.2) is 4.79 Å². The van der Waals surface area contributed by atoms with Crippen LogP contribution in [0.3, 0.4) is 0 Å². The SMILES string of the molecule is O=C(O)c1cccc(Br)c1NC(=O)C1CCOC1. The Labute approximate surface area is 112 Å². The van der Waals surface area contributed by atoms with Crippen molar-refractivity contribution in [2.75, 3.05) is 18.5 Å². The number of hydrogen-bond acceptors (Lipinski definition) is 3. The zero-order valence-corrected chi connectivity index (χ0v) is 11.1. The minimum atomic E-state index is -1.07. The van der Waals surface area contributed by atoms with Crippen LogP contribution < -0.4 is 5.32 Å². The second kappa shape index (κ2) is 5.49. The van der Waals surface area contributed by atoms with E-state index in [1.165, 1.54) is 6.07 Å². The van der Waals surface area contributed by atoms with Gasteiger partial charge in [-0.15, -0.1) is 0 Å². The molecular weight excluding hydrogens is 302 g/mol. The first kappa shape index (κ1) is 13.0. The molecule has 1 saturated heterocycles. The number of rotatable bonds is 3. The van der Waals surface area contributed by atoms with Crippen LogP contribution in [0.25, 0.3) is 0 Å². The first-order valence-corrected chi connectivity index (χ1v) is 6.29. The molecule has 6 heteroatoms. The van der Waals surface area contributed by atoms with Gasteiger partial charge in [-0.2, -0.15) is 0 Å². The summed E-state index contributed by atoms with van der Waals surface area (Å²) in [4.78, 5) is 23.0. The highest BCUT2D eigenvalue weighted by atomic mass is 79.9. The van der Waals surface area contributed by atoms with E-state index in [0.29, 0.717) is 29.8 Å². The van der Waals surface area contributed by atoms with Gasteiger partial charge in [-0.05, 0) is 34.5 Å². The highest BCUT2D eigenvalue weighted by Crippen LogP contribution is 2.27. The van der Waals surface area contributed by atoms with E-state index in [1.807, 2.05) is 0 Å². The van der Waals surface area contributed by atoms with Gasteiger partial charge in [0.1, 0.15) is 0 Å². The topological polar surface area (TPSA) is 75.6 Å². The molecular formula is C12H12BrNO4. The third-order valence-corrected chi connectivity index (χ3v) is 3.45. The first-order valence-electron chi connectivity index (χ1n) is 5.50. The van der Waals surface area contributed by atoms with Crippen LogP contribution in [0.15, 0.2) is 22.7 Å². The van der Waals surface area contributed by atoms with Gasteiger partial charge < -0.3 is 15.2 Å². The molecule has 0 aromatic heterocycles. The van der Waals surface area contributed by atoms with Crippen molar-refractivity contribution in [1.82, 2.24) is 0 Å². The molecule has 5 nitrogen and oxygen atoms in total. The van der Waals surface area contributed by atoms with E-state index in [2.05, 4.69) is 21.2 Å². The van der Waals surface area contributed by atoms with Crippen molar-refractivity contribution in [2.45, 2.75) is 6.42 Å². The third-order valence-electron chi connectivity index (χ3n) is 2.79. The molecule has 1 heterocycles. The molecule has 96 valence electrons. The summed E-state index contributed by atoms with van der Waals surface area (Å²) in [6, 6.07) is 4.75. The summed E-state index contributed by atoms with van der Waals surface area (Å²) in [5, 5.41) is 11.7. The number of nitrogens with one attached hydrogen (secondary N) is 1. The summed E-state index contributed by atoms with van der Waals surface area (Å²) in [7, 11) is 0. The summed E-state index contributed by atoms with van der Waals surface area (Å²) in [5.74, 6) is -1.49. The summed E-state index contributed by atoms with van der Waals surface area (Å²) >= 11 is 3.24. The Hall–Kier alpha value is -1.40. The van der Waals surface area contributed by atoms with Crippen molar-refractivity contribution in [1.29, 1.82) is 0 Å². The molecule has 0 spiro atoms. The molecule has 18 heavy (non-hydrogen) atoms. The lowest BCUT2D eigenvalue weighted by Crippen LogP contribution is -2.24. The Bertz CT molecular complexity index is 483. The van der Waals surface area contributed by atoms with Gasteiger partial charge in [0.15, 0.2) is 0 Å². The van der Waals surface area contributed by atoms with Gasteiger partial charge in [0, 0.05) is 11.1 Å². The number of carbonyl (C=O) groups excluding carboxylic acids is 1. The fraction of sp³-hybridized carbons (Fsp3) is 0.333. The molecule has 1 aliphatic rings. The molecule has 1 aromatic carbocycles. The Morgan fingerprint density at radius 2 is 2.22 bits per heavy atom. The van der Waals surface area contributed by atoms with Crippen molar-refractivity contribution >= 4 is 33.5 Å². The molecule has 0 bridgehead atoms. The van der Waals surface area contributed by atoms with Gasteiger partial charge in [-0.3, -0.25) is 4.79 Å². The van der Waals surface area contributed by atoms with E-state index in [9.17, 15) is 9.59 Å². The fourth-order valence-electron chi connectivity index (χ4n) is 1.80. The molecule has 0 radical (unpaired) electrons. The second-order valence-corrected chi connectivity index (χ2v) is 4.87. The quantitative estimate of drug-likeness (QED) is 0.896. The van der Waals surface area contributed by atoms with Gasteiger partial charge in [0.2, 0.25) is 5.91 Å². The summed E-state index contributed by atoms with van der Waals surface area (Å²) in [6.45, 7) is 0.957. The number of para-hydroxylation sites is 1. The van der Waals surface area contributed by atoms with E-state index in [0.717, 1.165) is 0 Å². The fourth-order valence-corrected chi connectivity index (χ4v) is 2.26. The Balaban J connectivity index is 2.22. The number of aromatic carboxylic acids is 1. The average molecular weight is 314 g/mol. The Morgan fingerprint density at radius 1 is 1.44 bits per heavy atom. The van der Waals surface area contributed by atoms with Crippen molar-refractivity contribution < 1.29 is 19.4 Å². The molecule has 2 N–H and O–H groups in total. The van der Waals surface area contributed by atoms with Crippen LogP contribution >= 0.6 is 15.9 Å². The van der Waals surface area contributed by atoms with Crippen LogP contribution in [0, 0.1) is 5.92 Å². The maximum atomic E-state index is 11.9. The van der Waals surface area contributed by atoms with Crippen molar-refractivity contribution in [2.24, 2.45) is 5.92 Å². The number of carbonyl (C=O) groups is 2. The maximum absolute atomic E-state index is 11.9. The number of anilines is 1. The normalized spacial score (nSPS) is 18.6.